The zero-order chi connectivity index (χ0) is 14.5. The highest BCUT2D eigenvalue weighted by Crippen LogP contribution is 2.22. The van der Waals surface area contributed by atoms with Gasteiger partial charge in [0.25, 0.3) is 0 Å². The molecule has 0 aliphatic heterocycles. The largest absolute Gasteiger partial charge is 0.443 e. The zero-order valence-corrected chi connectivity index (χ0v) is 12.1. The molecule has 4 nitrogen and oxygen atoms in total. The second-order valence-electron chi connectivity index (χ2n) is 5.02. The Morgan fingerprint density at radius 2 is 2.16 bits per heavy atom. The average Bonchev–Trinajstić information content (AvgIpc) is 2.27. The van der Waals surface area contributed by atoms with Crippen LogP contribution in [0.5, 0.6) is 0 Å². The van der Waals surface area contributed by atoms with Crippen molar-refractivity contribution in [3.05, 3.63) is 29.3 Å². The summed E-state index contributed by atoms with van der Waals surface area (Å²) in [5.41, 5.74) is 0.0394. The molecule has 1 aromatic carbocycles. The number of ether oxygens (including phenoxy) is 1. The molecule has 0 saturated carbocycles. The second-order valence-corrected chi connectivity index (χ2v) is 5.46. The minimum atomic E-state index is -0.583. The number of halogens is 1. The van der Waals surface area contributed by atoms with Crippen LogP contribution in [0.1, 0.15) is 27.2 Å². The van der Waals surface area contributed by atoms with Crippen molar-refractivity contribution >= 4 is 23.4 Å². The molecule has 0 fully saturated rings. The van der Waals surface area contributed by atoms with Gasteiger partial charge < -0.3 is 4.74 Å². The number of carbonyl (C=O) groups is 1. The van der Waals surface area contributed by atoms with E-state index in [1.165, 1.54) is 4.90 Å². The normalized spacial score (nSPS) is 10.7. The van der Waals surface area contributed by atoms with Gasteiger partial charge in [-0.25, -0.2) is 4.79 Å². The Morgan fingerprint density at radius 3 is 2.68 bits per heavy atom. The SMILES string of the molecule is CC(C)(C)OC(=O)N(CCC#N)c1cccc(Cl)c1. The van der Waals surface area contributed by atoms with E-state index in [1.54, 1.807) is 45.0 Å². The van der Waals surface area contributed by atoms with E-state index in [0.29, 0.717) is 10.7 Å². The summed E-state index contributed by atoms with van der Waals surface area (Å²) < 4.78 is 5.33. The van der Waals surface area contributed by atoms with E-state index in [2.05, 4.69) is 0 Å². The molecule has 19 heavy (non-hydrogen) atoms. The third kappa shape index (κ3) is 5.19. The van der Waals surface area contributed by atoms with Crippen LogP contribution >= 0.6 is 11.6 Å². The number of hydrogen-bond acceptors (Lipinski definition) is 3. The first-order valence-corrected chi connectivity index (χ1v) is 6.34. The van der Waals surface area contributed by atoms with Crippen molar-refractivity contribution in [2.75, 3.05) is 11.4 Å². The number of hydrogen-bond donors (Lipinski definition) is 0. The van der Waals surface area contributed by atoms with Gasteiger partial charge in [0.1, 0.15) is 5.60 Å². The molecule has 1 rings (SSSR count). The summed E-state index contributed by atoms with van der Waals surface area (Å²) in [7, 11) is 0. The highest BCUT2D eigenvalue weighted by Gasteiger charge is 2.23. The third-order valence-electron chi connectivity index (χ3n) is 2.18. The lowest BCUT2D eigenvalue weighted by molar-refractivity contribution is 0.0581. The Morgan fingerprint density at radius 1 is 1.47 bits per heavy atom. The van der Waals surface area contributed by atoms with Gasteiger partial charge in [-0.1, -0.05) is 17.7 Å². The van der Waals surface area contributed by atoms with E-state index >= 15 is 0 Å². The summed E-state index contributed by atoms with van der Waals surface area (Å²) in [6.45, 7) is 5.66. The van der Waals surface area contributed by atoms with E-state index < -0.39 is 11.7 Å². The van der Waals surface area contributed by atoms with Gasteiger partial charge in [0.2, 0.25) is 0 Å². The molecule has 0 heterocycles. The fourth-order valence-corrected chi connectivity index (χ4v) is 1.63. The molecule has 102 valence electrons. The summed E-state index contributed by atoms with van der Waals surface area (Å²) in [5.74, 6) is 0. The summed E-state index contributed by atoms with van der Waals surface area (Å²) in [5, 5.41) is 9.21. The van der Waals surface area contributed by atoms with Gasteiger partial charge in [0.05, 0.1) is 12.5 Å². The molecule has 0 aliphatic rings. The van der Waals surface area contributed by atoms with Crippen LogP contribution in [-0.2, 0) is 4.74 Å². The highest BCUT2D eigenvalue weighted by molar-refractivity contribution is 6.30. The van der Waals surface area contributed by atoms with Crippen molar-refractivity contribution in [2.24, 2.45) is 0 Å². The average molecular weight is 281 g/mol. The minimum Gasteiger partial charge on any atom is -0.443 e. The van der Waals surface area contributed by atoms with E-state index in [9.17, 15) is 4.79 Å². The molecule has 0 unspecified atom stereocenters. The quantitative estimate of drug-likeness (QED) is 0.841. The maximum Gasteiger partial charge on any atom is 0.414 e. The van der Waals surface area contributed by atoms with Crippen LogP contribution in [0.3, 0.4) is 0 Å². The Bertz CT molecular complexity index is 489. The fraction of sp³-hybridized carbons (Fsp3) is 0.429. The van der Waals surface area contributed by atoms with Gasteiger partial charge in [0.15, 0.2) is 0 Å². The van der Waals surface area contributed by atoms with Gasteiger partial charge in [-0.3, -0.25) is 4.90 Å². The number of carbonyl (C=O) groups excluding carboxylic acids is 1. The zero-order valence-electron chi connectivity index (χ0n) is 11.3. The lowest BCUT2D eigenvalue weighted by atomic mass is 10.2. The van der Waals surface area contributed by atoms with Crippen LogP contribution in [0.25, 0.3) is 0 Å². The number of nitrogens with zero attached hydrogens (tertiary/aromatic N) is 2. The number of nitriles is 1. The molecule has 0 bridgehead atoms. The first-order valence-electron chi connectivity index (χ1n) is 5.96. The van der Waals surface area contributed by atoms with Crippen LogP contribution in [0.2, 0.25) is 5.02 Å². The molecule has 5 heteroatoms. The van der Waals surface area contributed by atoms with Crippen molar-refractivity contribution < 1.29 is 9.53 Å². The summed E-state index contributed by atoms with van der Waals surface area (Å²) in [6.07, 6.45) is -0.254. The summed E-state index contributed by atoms with van der Waals surface area (Å²) >= 11 is 5.92. The first-order chi connectivity index (χ1) is 8.83. The van der Waals surface area contributed by atoms with Gasteiger partial charge in [-0.05, 0) is 39.0 Å². The topological polar surface area (TPSA) is 53.3 Å². The van der Waals surface area contributed by atoms with E-state index in [4.69, 9.17) is 21.6 Å². The smallest absolute Gasteiger partial charge is 0.414 e. The van der Waals surface area contributed by atoms with E-state index in [0.717, 1.165) is 0 Å². The third-order valence-corrected chi connectivity index (χ3v) is 2.42. The Balaban J connectivity index is 2.95. The molecule has 0 N–H and O–H groups in total. The maximum absolute atomic E-state index is 12.1. The summed E-state index contributed by atoms with van der Waals surface area (Å²) in [4.78, 5) is 13.5. The second kappa shape index (κ2) is 6.44. The Kier molecular flexibility index (Phi) is 5.20. The molecular formula is C14H17ClN2O2. The molecule has 1 aromatic rings. The summed E-state index contributed by atoms with van der Waals surface area (Å²) in [6, 6.07) is 8.92. The highest BCUT2D eigenvalue weighted by atomic mass is 35.5. The van der Waals surface area contributed by atoms with Crippen LogP contribution in [0.15, 0.2) is 24.3 Å². The number of anilines is 1. The lowest BCUT2D eigenvalue weighted by Crippen LogP contribution is -2.37. The molecule has 0 radical (unpaired) electrons. The van der Waals surface area contributed by atoms with E-state index in [1.807, 2.05) is 6.07 Å². The molecule has 0 spiro atoms. The fourth-order valence-electron chi connectivity index (χ4n) is 1.45. The predicted octanol–water partition coefficient (Wildman–Crippen LogP) is 4.00. The Hall–Kier alpha value is -1.73. The van der Waals surface area contributed by atoms with Crippen LogP contribution in [0.4, 0.5) is 10.5 Å². The van der Waals surface area contributed by atoms with Gasteiger partial charge >= 0.3 is 6.09 Å². The van der Waals surface area contributed by atoms with Gasteiger partial charge in [0, 0.05) is 17.3 Å². The van der Waals surface area contributed by atoms with Crippen molar-refractivity contribution in [3.8, 4) is 6.07 Å². The van der Waals surface area contributed by atoms with Gasteiger partial charge in [-0.15, -0.1) is 0 Å². The van der Waals surface area contributed by atoms with Gasteiger partial charge in [-0.2, -0.15) is 5.26 Å². The molecule has 0 atom stereocenters. The predicted molar refractivity (Wildman–Crippen MR) is 75.3 cm³/mol. The monoisotopic (exact) mass is 280 g/mol. The maximum atomic E-state index is 12.1. The molecule has 0 aliphatic carbocycles. The van der Waals surface area contributed by atoms with Crippen LogP contribution in [-0.4, -0.2) is 18.2 Å². The molecular weight excluding hydrogens is 264 g/mol. The first kappa shape index (κ1) is 15.3. The Labute approximate surface area is 118 Å². The van der Waals surface area contributed by atoms with Crippen molar-refractivity contribution in [1.82, 2.24) is 0 Å². The lowest BCUT2D eigenvalue weighted by Gasteiger charge is -2.27. The van der Waals surface area contributed by atoms with Crippen molar-refractivity contribution in [3.63, 3.8) is 0 Å². The molecule has 1 amide bonds. The standard InChI is InChI=1S/C14H17ClN2O2/c1-14(2,3)19-13(18)17(9-5-8-16)12-7-4-6-11(15)10-12/h4,6-7,10H,5,9H2,1-3H3. The van der Waals surface area contributed by atoms with Crippen molar-refractivity contribution in [2.45, 2.75) is 32.8 Å². The van der Waals surface area contributed by atoms with E-state index in [-0.39, 0.29) is 13.0 Å². The van der Waals surface area contributed by atoms with Crippen molar-refractivity contribution in [1.29, 1.82) is 5.26 Å². The number of benzene rings is 1. The van der Waals surface area contributed by atoms with Crippen LogP contribution < -0.4 is 4.90 Å². The minimum absolute atomic E-state index is 0.228. The number of amides is 1. The molecule has 0 aromatic heterocycles. The number of rotatable bonds is 3. The molecule has 0 saturated heterocycles. The van der Waals surface area contributed by atoms with Crippen LogP contribution in [0, 0.1) is 11.3 Å².